The molecule has 8 N–H and O–H groups in total. The molecule has 0 radical (unpaired) electrons. The van der Waals surface area contributed by atoms with Crippen LogP contribution in [0, 0.1) is 6.92 Å². The van der Waals surface area contributed by atoms with Gasteiger partial charge in [-0.25, -0.2) is 11.0 Å². The third-order valence-corrected chi connectivity index (χ3v) is 4.83. The molecule has 0 aliphatic rings. The van der Waals surface area contributed by atoms with Gasteiger partial charge in [0.2, 0.25) is 11.9 Å². The third kappa shape index (κ3) is 15.6. The fraction of sp³-hybridized carbons (Fsp3) is 0.304. The smallest absolute Gasteiger partial charge is 0.237 e. The van der Waals surface area contributed by atoms with E-state index in [2.05, 4.69) is 26.3 Å². The number of hydroxylamine groups is 2. The van der Waals surface area contributed by atoms with Gasteiger partial charge in [-0.15, -0.1) is 10.2 Å². The number of nitrogens with two attached hydrogens (primary N) is 3. The highest BCUT2D eigenvalue weighted by molar-refractivity contribution is 6.38. The molecular formula is C23H33Cl3N8O3. The maximum absolute atomic E-state index is 10.4. The fourth-order valence-electron chi connectivity index (χ4n) is 2.08. The van der Waals surface area contributed by atoms with E-state index in [1.54, 1.807) is 24.3 Å². The molecule has 0 aliphatic heterocycles. The minimum Gasteiger partial charge on any atom is -0.367 e. The number of hydrogen-bond acceptors (Lipinski definition) is 7. The zero-order valence-electron chi connectivity index (χ0n) is 20.9. The van der Waals surface area contributed by atoms with Gasteiger partial charge in [-0.2, -0.15) is 5.10 Å². The second-order valence-corrected chi connectivity index (χ2v) is 8.09. The van der Waals surface area contributed by atoms with E-state index >= 15 is 0 Å². The van der Waals surface area contributed by atoms with E-state index in [0.717, 1.165) is 24.7 Å². The minimum absolute atomic E-state index is 0.0582. The van der Waals surface area contributed by atoms with Crippen LogP contribution in [0.4, 0.5) is 0 Å². The summed E-state index contributed by atoms with van der Waals surface area (Å²) in [6, 6.07) is 10.6. The Morgan fingerprint density at radius 1 is 0.892 bits per heavy atom. The molecule has 0 atom stereocenters. The summed E-state index contributed by atoms with van der Waals surface area (Å²) in [6.45, 7) is 6.95. The van der Waals surface area contributed by atoms with Gasteiger partial charge < -0.3 is 17.3 Å². The molecule has 0 bridgehead atoms. The SMILES string of the molecule is CCCONC(N)=N/N=C/c1c(Cl)cccc1Cl.CCCONC(N)=NN.Cc1cccc(Cl)c1C=O. The number of aldehydes is 1. The van der Waals surface area contributed by atoms with Crippen molar-refractivity contribution in [3.8, 4) is 0 Å². The Morgan fingerprint density at radius 3 is 1.81 bits per heavy atom. The molecule has 0 fully saturated rings. The average Bonchev–Trinajstić information content (AvgIpc) is 2.87. The molecule has 37 heavy (non-hydrogen) atoms. The van der Waals surface area contributed by atoms with Gasteiger partial charge in [0.15, 0.2) is 6.29 Å². The lowest BCUT2D eigenvalue weighted by Crippen LogP contribution is -2.32. The summed E-state index contributed by atoms with van der Waals surface area (Å²) in [6.07, 6.45) is 4.00. The van der Waals surface area contributed by atoms with E-state index in [0.29, 0.717) is 39.4 Å². The number of hydrazone groups is 1. The van der Waals surface area contributed by atoms with Crippen LogP contribution in [0.2, 0.25) is 15.1 Å². The molecule has 204 valence electrons. The maximum Gasteiger partial charge on any atom is 0.237 e. The van der Waals surface area contributed by atoms with Gasteiger partial charge in [-0.1, -0.05) is 66.8 Å². The Labute approximate surface area is 231 Å². The number of hydrogen-bond donors (Lipinski definition) is 5. The molecule has 2 aromatic rings. The van der Waals surface area contributed by atoms with E-state index in [-0.39, 0.29) is 11.9 Å². The van der Waals surface area contributed by atoms with E-state index in [4.69, 9.17) is 61.8 Å². The molecule has 2 rings (SSSR count). The lowest BCUT2D eigenvalue weighted by molar-refractivity contribution is 0.0845. The molecule has 14 heteroatoms. The van der Waals surface area contributed by atoms with E-state index < -0.39 is 0 Å². The molecule has 0 aliphatic carbocycles. The van der Waals surface area contributed by atoms with Crippen molar-refractivity contribution in [1.29, 1.82) is 0 Å². The van der Waals surface area contributed by atoms with Crippen molar-refractivity contribution < 1.29 is 14.5 Å². The highest BCUT2D eigenvalue weighted by atomic mass is 35.5. The van der Waals surface area contributed by atoms with Crippen LogP contribution in [0.3, 0.4) is 0 Å². The van der Waals surface area contributed by atoms with Gasteiger partial charge in [-0.05, 0) is 43.5 Å². The molecule has 0 heterocycles. The van der Waals surface area contributed by atoms with Crippen LogP contribution in [-0.4, -0.2) is 37.6 Å². The number of carbonyl (C=O) groups excluding carboxylic acids is 1. The molecule has 0 saturated carbocycles. The first-order chi connectivity index (χ1) is 17.7. The Morgan fingerprint density at radius 2 is 1.38 bits per heavy atom. The number of nitrogens with one attached hydrogen (secondary N) is 2. The van der Waals surface area contributed by atoms with Gasteiger partial charge in [0.05, 0.1) is 34.5 Å². The highest BCUT2D eigenvalue weighted by Gasteiger charge is 2.01. The summed E-state index contributed by atoms with van der Waals surface area (Å²) in [5.74, 6) is 4.92. The predicted molar refractivity (Wildman–Crippen MR) is 152 cm³/mol. The van der Waals surface area contributed by atoms with Crippen LogP contribution in [0.15, 0.2) is 51.7 Å². The van der Waals surface area contributed by atoms with Crippen molar-refractivity contribution in [3.05, 3.63) is 68.2 Å². The minimum atomic E-state index is 0.0582. The zero-order valence-corrected chi connectivity index (χ0v) is 23.1. The Bertz CT molecular complexity index is 996. The first-order valence-corrected chi connectivity index (χ1v) is 12.1. The Hall–Kier alpha value is -3.09. The topological polar surface area (TPSA) is 175 Å². The number of nitrogens with zero attached hydrogens (tertiary/aromatic N) is 3. The van der Waals surface area contributed by atoms with Gasteiger partial charge in [0.25, 0.3) is 0 Å². The van der Waals surface area contributed by atoms with Gasteiger partial charge in [0.1, 0.15) is 0 Å². The van der Waals surface area contributed by atoms with Crippen molar-refractivity contribution in [3.63, 3.8) is 0 Å². The summed E-state index contributed by atoms with van der Waals surface area (Å²) in [5.41, 5.74) is 17.5. The summed E-state index contributed by atoms with van der Waals surface area (Å²) in [7, 11) is 0. The van der Waals surface area contributed by atoms with Gasteiger partial charge in [0, 0.05) is 11.1 Å². The number of benzene rings is 2. The van der Waals surface area contributed by atoms with E-state index in [9.17, 15) is 4.79 Å². The monoisotopic (exact) mass is 574 g/mol. The van der Waals surface area contributed by atoms with Crippen LogP contribution in [0.5, 0.6) is 0 Å². The van der Waals surface area contributed by atoms with Crippen LogP contribution in [0.25, 0.3) is 0 Å². The fourth-order valence-corrected chi connectivity index (χ4v) is 2.84. The Kier molecular flexibility index (Phi) is 19.3. The summed E-state index contributed by atoms with van der Waals surface area (Å²) >= 11 is 17.6. The van der Waals surface area contributed by atoms with Crippen LogP contribution >= 0.6 is 34.8 Å². The molecule has 0 aromatic heterocycles. The van der Waals surface area contributed by atoms with Gasteiger partial charge in [-0.3, -0.25) is 14.5 Å². The predicted octanol–water partition coefficient (Wildman–Crippen LogP) is 4.14. The first kappa shape index (κ1) is 33.9. The van der Waals surface area contributed by atoms with Crippen LogP contribution < -0.4 is 28.3 Å². The number of guanidine groups is 2. The zero-order chi connectivity index (χ0) is 28.1. The van der Waals surface area contributed by atoms with Crippen molar-refractivity contribution in [2.45, 2.75) is 33.6 Å². The van der Waals surface area contributed by atoms with Crippen LogP contribution in [-0.2, 0) is 9.68 Å². The number of halogens is 3. The van der Waals surface area contributed by atoms with Crippen molar-refractivity contribution in [2.24, 2.45) is 32.6 Å². The molecule has 2 aromatic carbocycles. The molecule has 0 saturated heterocycles. The largest absolute Gasteiger partial charge is 0.367 e. The number of aryl methyl sites for hydroxylation is 1. The quantitative estimate of drug-likeness (QED) is 0.0740. The first-order valence-electron chi connectivity index (χ1n) is 11.0. The summed E-state index contributed by atoms with van der Waals surface area (Å²) < 4.78 is 0. The highest BCUT2D eigenvalue weighted by Crippen LogP contribution is 2.22. The lowest BCUT2D eigenvalue weighted by atomic mass is 10.1. The van der Waals surface area contributed by atoms with E-state index in [1.807, 2.05) is 32.9 Å². The van der Waals surface area contributed by atoms with Crippen molar-refractivity contribution >= 4 is 59.2 Å². The van der Waals surface area contributed by atoms with Crippen LogP contribution in [0.1, 0.15) is 48.2 Å². The van der Waals surface area contributed by atoms with Crippen molar-refractivity contribution in [2.75, 3.05) is 13.2 Å². The second kappa shape index (κ2) is 21.0. The molecule has 0 unspecified atom stereocenters. The summed E-state index contributed by atoms with van der Waals surface area (Å²) in [4.78, 5) is 20.1. The molecule has 11 nitrogen and oxygen atoms in total. The van der Waals surface area contributed by atoms with E-state index in [1.165, 1.54) is 6.21 Å². The number of rotatable bonds is 9. The number of carbonyl (C=O) groups is 1. The van der Waals surface area contributed by atoms with Crippen molar-refractivity contribution in [1.82, 2.24) is 11.0 Å². The van der Waals surface area contributed by atoms with Gasteiger partial charge >= 0.3 is 0 Å². The molecule has 0 amide bonds. The lowest BCUT2D eigenvalue weighted by Gasteiger charge is -2.02. The second-order valence-electron chi connectivity index (χ2n) is 6.87. The standard InChI is InChI=1S/C11H14Cl2N4O.C8H7ClO.C4H12N4O/c1-2-6-18-17-11(14)16-15-7-8-9(12)4-3-5-10(8)13;1-6-3-2-4-8(9)7(6)5-10;1-2-3-9-8-4(5)7-6/h3-5,7H,2,6H2,1H3,(H3,14,16,17);2-5H,1H3;2-3,6H2,1H3,(H3,5,7,8)/b15-7+;;. The molecule has 0 spiro atoms. The average molecular weight is 576 g/mol. The Balaban J connectivity index is 0.000000577. The molecular weight excluding hydrogens is 543 g/mol. The maximum atomic E-state index is 10.4. The third-order valence-electron chi connectivity index (χ3n) is 3.85. The normalized spacial score (nSPS) is 11.2. The summed E-state index contributed by atoms with van der Waals surface area (Å²) in [5, 5.41) is 12.1.